The second kappa shape index (κ2) is 8.74. The van der Waals surface area contributed by atoms with Gasteiger partial charge in [0.25, 0.3) is 0 Å². The lowest BCUT2D eigenvalue weighted by Crippen LogP contribution is -2.23. The monoisotopic (exact) mass is 352 g/mol. The van der Waals surface area contributed by atoms with Crippen LogP contribution in [0.2, 0.25) is 0 Å². The molecule has 0 aliphatic rings. The van der Waals surface area contributed by atoms with E-state index in [9.17, 15) is 0 Å². The zero-order valence-electron chi connectivity index (χ0n) is 14.8. The molecule has 0 amide bonds. The highest BCUT2D eigenvalue weighted by molar-refractivity contribution is 7.13. The van der Waals surface area contributed by atoms with Gasteiger partial charge in [0.05, 0.1) is 5.69 Å². The number of rotatable bonds is 8. The van der Waals surface area contributed by atoms with Crippen molar-refractivity contribution in [1.82, 2.24) is 15.3 Å². The molecule has 0 saturated carbocycles. The van der Waals surface area contributed by atoms with Crippen LogP contribution >= 0.6 is 11.3 Å². The van der Waals surface area contributed by atoms with Gasteiger partial charge in [0.1, 0.15) is 10.8 Å². The summed E-state index contributed by atoms with van der Waals surface area (Å²) in [5.41, 5.74) is 3.45. The number of benzene rings is 1. The van der Waals surface area contributed by atoms with Crippen molar-refractivity contribution in [2.75, 3.05) is 18.0 Å². The van der Waals surface area contributed by atoms with Crippen molar-refractivity contribution in [3.63, 3.8) is 0 Å². The Bertz CT molecular complexity index is 764. The Hall–Kier alpha value is -2.24. The van der Waals surface area contributed by atoms with Crippen LogP contribution in [0.1, 0.15) is 25.1 Å². The zero-order valence-corrected chi connectivity index (χ0v) is 15.6. The molecule has 5 heteroatoms. The molecule has 0 fully saturated rings. The van der Waals surface area contributed by atoms with Crippen LogP contribution in [0.25, 0.3) is 10.6 Å². The summed E-state index contributed by atoms with van der Waals surface area (Å²) in [7, 11) is 0. The minimum Gasteiger partial charge on any atom is -0.357 e. The fourth-order valence-electron chi connectivity index (χ4n) is 2.69. The summed E-state index contributed by atoms with van der Waals surface area (Å²) in [5, 5.41) is 6.64. The van der Waals surface area contributed by atoms with Crippen molar-refractivity contribution in [2.24, 2.45) is 0 Å². The lowest BCUT2D eigenvalue weighted by molar-refractivity contribution is 0.681. The molecule has 0 bridgehead atoms. The zero-order chi connectivity index (χ0) is 17.5. The SMILES string of the molecule is CCN(CC)c1ccc(CNCc2csc(-c3ccccc3)n2)cn1. The number of aromatic nitrogens is 2. The maximum atomic E-state index is 4.70. The van der Waals surface area contributed by atoms with E-state index < -0.39 is 0 Å². The fourth-order valence-corrected chi connectivity index (χ4v) is 3.52. The fraction of sp³-hybridized carbons (Fsp3) is 0.300. The van der Waals surface area contributed by atoms with Crippen molar-refractivity contribution in [1.29, 1.82) is 0 Å². The molecule has 0 saturated heterocycles. The Morgan fingerprint density at radius 3 is 2.48 bits per heavy atom. The summed E-state index contributed by atoms with van der Waals surface area (Å²) < 4.78 is 0. The number of hydrogen-bond acceptors (Lipinski definition) is 5. The third-order valence-corrected chi connectivity index (χ3v) is 5.04. The van der Waals surface area contributed by atoms with Crippen LogP contribution in [0.5, 0.6) is 0 Å². The Kier molecular flexibility index (Phi) is 6.14. The van der Waals surface area contributed by atoms with E-state index in [0.29, 0.717) is 0 Å². The summed E-state index contributed by atoms with van der Waals surface area (Å²) in [6, 6.07) is 14.6. The third kappa shape index (κ3) is 4.65. The van der Waals surface area contributed by atoms with Crippen LogP contribution in [-0.4, -0.2) is 23.1 Å². The molecule has 2 aromatic heterocycles. The highest BCUT2D eigenvalue weighted by Crippen LogP contribution is 2.23. The Balaban J connectivity index is 1.52. The van der Waals surface area contributed by atoms with E-state index in [4.69, 9.17) is 4.98 Å². The minimum atomic E-state index is 0.765. The minimum absolute atomic E-state index is 0.765. The average molecular weight is 353 g/mol. The first-order valence-electron chi connectivity index (χ1n) is 8.70. The molecule has 25 heavy (non-hydrogen) atoms. The summed E-state index contributed by atoms with van der Waals surface area (Å²) in [6.07, 6.45) is 1.96. The third-order valence-electron chi connectivity index (χ3n) is 4.10. The van der Waals surface area contributed by atoms with Crippen molar-refractivity contribution < 1.29 is 0 Å². The predicted molar refractivity (Wildman–Crippen MR) is 106 cm³/mol. The van der Waals surface area contributed by atoms with Gasteiger partial charge in [-0.05, 0) is 25.5 Å². The van der Waals surface area contributed by atoms with Gasteiger partial charge in [-0.1, -0.05) is 36.4 Å². The maximum Gasteiger partial charge on any atom is 0.128 e. The summed E-state index contributed by atoms with van der Waals surface area (Å²) in [5.74, 6) is 1.04. The van der Waals surface area contributed by atoms with Crippen LogP contribution in [0.4, 0.5) is 5.82 Å². The molecule has 0 aliphatic carbocycles. The second-order valence-electron chi connectivity index (χ2n) is 5.81. The molecule has 4 nitrogen and oxygen atoms in total. The molecule has 3 aromatic rings. The number of nitrogens with zero attached hydrogens (tertiary/aromatic N) is 3. The Labute approximate surface area is 153 Å². The maximum absolute atomic E-state index is 4.70. The van der Waals surface area contributed by atoms with Gasteiger partial charge in [0.15, 0.2) is 0 Å². The van der Waals surface area contributed by atoms with Crippen molar-refractivity contribution >= 4 is 17.2 Å². The second-order valence-corrected chi connectivity index (χ2v) is 6.67. The van der Waals surface area contributed by atoms with Gasteiger partial charge in [0.2, 0.25) is 0 Å². The van der Waals surface area contributed by atoms with Crippen molar-refractivity contribution in [2.45, 2.75) is 26.9 Å². The summed E-state index contributed by atoms with van der Waals surface area (Å²) in [4.78, 5) is 11.5. The van der Waals surface area contributed by atoms with Crippen LogP contribution < -0.4 is 10.2 Å². The van der Waals surface area contributed by atoms with E-state index in [1.54, 1.807) is 11.3 Å². The van der Waals surface area contributed by atoms with E-state index in [-0.39, 0.29) is 0 Å². The standard InChI is InChI=1S/C20H24N4S/c1-3-24(4-2)19-11-10-16(13-22-19)12-21-14-18-15-25-20(23-18)17-8-6-5-7-9-17/h5-11,13,15,21H,3-4,12,14H2,1-2H3. The van der Waals surface area contributed by atoms with E-state index in [1.165, 1.54) is 11.1 Å². The van der Waals surface area contributed by atoms with E-state index in [2.05, 4.69) is 58.7 Å². The highest BCUT2D eigenvalue weighted by atomic mass is 32.1. The smallest absolute Gasteiger partial charge is 0.128 e. The van der Waals surface area contributed by atoms with Gasteiger partial charge in [-0.15, -0.1) is 11.3 Å². The molecule has 0 atom stereocenters. The normalized spacial score (nSPS) is 10.8. The molecular weight excluding hydrogens is 328 g/mol. The number of hydrogen-bond donors (Lipinski definition) is 1. The lowest BCUT2D eigenvalue weighted by atomic mass is 10.2. The molecule has 0 spiro atoms. The Morgan fingerprint density at radius 2 is 1.80 bits per heavy atom. The van der Waals surface area contributed by atoms with Gasteiger partial charge in [-0.2, -0.15) is 0 Å². The number of anilines is 1. The molecule has 1 N–H and O–H groups in total. The number of thiazole rings is 1. The quantitative estimate of drug-likeness (QED) is 0.655. The van der Waals surface area contributed by atoms with Gasteiger partial charge < -0.3 is 10.2 Å². The van der Waals surface area contributed by atoms with Crippen molar-refractivity contribution in [3.05, 3.63) is 65.3 Å². The molecule has 130 valence electrons. The van der Waals surface area contributed by atoms with E-state index in [0.717, 1.165) is 42.7 Å². The molecule has 3 rings (SSSR count). The van der Waals surface area contributed by atoms with Crippen LogP contribution in [-0.2, 0) is 13.1 Å². The summed E-state index contributed by atoms with van der Waals surface area (Å²) in [6.45, 7) is 7.82. The van der Waals surface area contributed by atoms with Gasteiger partial charge in [0, 0.05) is 43.3 Å². The summed E-state index contributed by atoms with van der Waals surface area (Å²) >= 11 is 1.69. The van der Waals surface area contributed by atoms with Crippen LogP contribution in [0.15, 0.2) is 54.0 Å². The number of nitrogens with one attached hydrogen (secondary N) is 1. The lowest BCUT2D eigenvalue weighted by Gasteiger charge is -2.19. The molecule has 2 heterocycles. The Morgan fingerprint density at radius 1 is 1.00 bits per heavy atom. The van der Waals surface area contributed by atoms with Crippen LogP contribution in [0, 0.1) is 0 Å². The first-order valence-corrected chi connectivity index (χ1v) is 9.58. The van der Waals surface area contributed by atoms with Gasteiger partial charge in [-0.25, -0.2) is 9.97 Å². The molecule has 1 aromatic carbocycles. The topological polar surface area (TPSA) is 41.0 Å². The highest BCUT2D eigenvalue weighted by Gasteiger charge is 2.05. The van der Waals surface area contributed by atoms with Crippen LogP contribution in [0.3, 0.4) is 0 Å². The van der Waals surface area contributed by atoms with E-state index >= 15 is 0 Å². The van der Waals surface area contributed by atoms with Gasteiger partial charge >= 0.3 is 0 Å². The van der Waals surface area contributed by atoms with Gasteiger partial charge in [-0.3, -0.25) is 0 Å². The molecule has 0 radical (unpaired) electrons. The van der Waals surface area contributed by atoms with Crippen molar-refractivity contribution in [3.8, 4) is 10.6 Å². The molecule has 0 unspecified atom stereocenters. The molecular formula is C20H24N4S. The first kappa shape index (κ1) is 17.6. The largest absolute Gasteiger partial charge is 0.357 e. The predicted octanol–water partition coefficient (Wildman–Crippen LogP) is 4.34. The first-order chi connectivity index (χ1) is 12.3. The van der Waals surface area contributed by atoms with E-state index in [1.807, 2.05) is 24.4 Å². The molecule has 0 aliphatic heterocycles. The average Bonchev–Trinajstić information content (AvgIpc) is 3.14. The number of pyridine rings is 1.